The van der Waals surface area contributed by atoms with Crippen molar-refractivity contribution < 1.29 is 13.2 Å². The summed E-state index contributed by atoms with van der Waals surface area (Å²) in [6, 6.07) is 15.9. The second kappa shape index (κ2) is 8.25. The van der Waals surface area contributed by atoms with Crippen molar-refractivity contribution in [1.82, 2.24) is 0 Å². The van der Waals surface area contributed by atoms with Crippen LogP contribution in [-0.2, 0) is 21.1 Å². The first-order chi connectivity index (χ1) is 12.9. The van der Waals surface area contributed by atoms with Gasteiger partial charge in [0.05, 0.1) is 22.1 Å². The van der Waals surface area contributed by atoms with Crippen molar-refractivity contribution in [2.24, 2.45) is 0 Å². The number of hydrogen-bond acceptors (Lipinski definition) is 4. The minimum atomic E-state index is -3.23. The molecule has 0 bridgehead atoms. The summed E-state index contributed by atoms with van der Waals surface area (Å²) in [7, 11) is -3.23. The number of carbonyl (C=O) groups excluding carboxylic acids is 1. The van der Waals surface area contributed by atoms with Gasteiger partial charge < -0.3 is 5.32 Å². The van der Waals surface area contributed by atoms with E-state index < -0.39 is 9.84 Å². The number of nitrogens with one attached hydrogen (secondary N) is 1. The lowest BCUT2D eigenvalue weighted by Gasteiger charge is -2.05. The first-order valence-corrected chi connectivity index (χ1v) is 11.2. The van der Waals surface area contributed by atoms with Crippen LogP contribution in [0.1, 0.15) is 12.5 Å². The summed E-state index contributed by atoms with van der Waals surface area (Å²) in [5, 5.41) is 6.30. The third-order valence-electron chi connectivity index (χ3n) is 4.07. The smallest absolute Gasteiger partial charge is 0.229 e. The van der Waals surface area contributed by atoms with Crippen molar-refractivity contribution in [3.05, 3.63) is 70.6 Å². The summed E-state index contributed by atoms with van der Waals surface area (Å²) in [4.78, 5) is 12.5. The maximum atomic E-state index is 12.3. The second-order valence-electron chi connectivity index (χ2n) is 5.98. The fraction of sp³-hybridized carbons (Fsp3) is 0.150. The average Bonchev–Trinajstić information content (AvgIpc) is 3.11. The van der Waals surface area contributed by atoms with E-state index in [1.165, 1.54) is 11.3 Å². The zero-order valence-corrected chi connectivity index (χ0v) is 17.0. The van der Waals surface area contributed by atoms with Crippen molar-refractivity contribution in [2.75, 3.05) is 11.1 Å². The molecule has 7 heteroatoms. The molecule has 0 aliphatic rings. The highest BCUT2D eigenvalue weighted by Crippen LogP contribution is 2.30. The molecule has 0 unspecified atom stereocenters. The lowest BCUT2D eigenvalue weighted by Crippen LogP contribution is -2.13. The van der Waals surface area contributed by atoms with Crippen molar-refractivity contribution in [2.45, 2.75) is 18.2 Å². The largest absolute Gasteiger partial charge is 0.317 e. The number of amides is 1. The van der Waals surface area contributed by atoms with Crippen LogP contribution in [-0.4, -0.2) is 20.1 Å². The molecule has 1 aromatic heterocycles. The molecular formula is C20H18ClNO3S2. The Morgan fingerprint density at radius 3 is 2.33 bits per heavy atom. The van der Waals surface area contributed by atoms with Gasteiger partial charge in [0, 0.05) is 10.4 Å². The van der Waals surface area contributed by atoms with E-state index in [-0.39, 0.29) is 23.0 Å². The zero-order valence-electron chi connectivity index (χ0n) is 14.6. The van der Waals surface area contributed by atoms with Gasteiger partial charge in [-0.25, -0.2) is 8.42 Å². The summed E-state index contributed by atoms with van der Waals surface area (Å²) in [5.41, 5.74) is 2.81. The highest BCUT2D eigenvalue weighted by molar-refractivity contribution is 7.91. The Labute approximate surface area is 167 Å². The minimum absolute atomic E-state index is 0.0567. The number of anilines is 1. The molecule has 0 fully saturated rings. The Bertz CT molecular complexity index is 1040. The molecule has 27 heavy (non-hydrogen) atoms. The first kappa shape index (κ1) is 19.6. The van der Waals surface area contributed by atoms with Crippen LogP contribution in [0.15, 0.2) is 64.9 Å². The lowest BCUT2D eigenvalue weighted by molar-refractivity contribution is -0.115. The minimum Gasteiger partial charge on any atom is -0.317 e. The molecule has 2 aromatic carbocycles. The van der Waals surface area contributed by atoms with E-state index >= 15 is 0 Å². The molecule has 0 spiro atoms. The molecule has 1 heterocycles. The quantitative estimate of drug-likeness (QED) is 0.608. The fourth-order valence-corrected chi connectivity index (χ4v) is 4.38. The third kappa shape index (κ3) is 4.97. The summed E-state index contributed by atoms with van der Waals surface area (Å²) < 4.78 is 23.7. The summed E-state index contributed by atoms with van der Waals surface area (Å²) in [6.07, 6.45) is 0.181. The topological polar surface area (TPSA) is 63.2 Å². The van der Waals surface area contributed by atoms with Gasteiger partial charge in [0.25, 0.3) is 0 Å². The van der Waals surface area contributed by atoms with Crippen LogP contribution in [0.5, 0.6) is 0 Å². The molecule has 0 aliphatic heterocycles. The van der Waals surface area contributed by atoms with Gasteiger partial charge in [-0.3, -0.25) is 4.79 Å². The van der Waals surface area contributed by atoms with Crippen LogP contribution in [0.4, 0.5) is 5.00 Å². The number of benzene rings is 2. The number of carbonyl (C=O) groups is 1. The Morgan fingerprint density at radius 1 is 1.04 bits per heavy atom. The van der Waals surface area contributed by atoms with E-state index in [0.29, 0.717) is 5.02 Å². The Hall–Kier alpha value is -2.15. The monoisotopic (exact) mass is 419 g/mol. The third-order valence-corrected chi connectivity index (χ3v) is 6.91. The molecule has 0 saturated carbocycles. The highest BCUT2D eigenvalue weighted by atomic mass is 35.5. The molecule has 3 rings (SSSR count). The molecule has 4 nitrogen and oxygen atoms in total. The van der Waals surface area contributed by atoms with E-state index in [1.807, 2.05) is 35.7 Å². The van der Waals surface area contributed by atoms with Crippen molar-refractivity contribution in [3.8, 4) is 11.1 Å². The van der Waals surface area contributed by atoms with Crippen LogP contribution in [0, 0.1) is 0 Å². The van der Waals surface area contributed by atoms with E-state index in [4.69, 9.17) is 11.6 Å². The fourth-order valence-electron chi connectivity index (χ4n) is 2.54. The van der Waals surface area contributed by atoms with Gasteiger partial charge in [-0.05, 0) is 47.0 Å². The Balaban J connectivity index is 1.64. The standard InChI is InChI=1S/C20H18ClNO3S2/c1-2-27(24,25)18-9-3-14(4-10-18)11-19(23)22-20-12-16(13-26-20)15-5-7-17(21)8-6-15/h3-10,12-13H,2,11H2,1H3,(H,22,23). The van der Waals surface area contributed by atoms with Gasteiger partial charge in [-0.15, -0.1) is 11.3 Å². The maximum Gasteiger partial charge on any atom is 0.229 e. The first-order valence-electron chi connectivity index (χ1n) is 8.33. The summed E-state index contributed by atoms with van der Waals surface area (Å²) >= 11 is 7.36. The summed E-state index contributed by atoms with van der Waals surface area (Å²) in [6.45, 7) is 1.61. The zero-order chi connectivity index (χ0) is 19.4. The number of halogens is 1. The number of sulfone groups is 1. The van der Waals surface area contributed by atoms with Crippen LogP contribution in [0.25, 0.3) is 11.1 Å². The Morgan fingerprint density at radius 2 is 1.70 bits per heavy atom. The maximum absolute atomic E-state index is 12.3. The van der Waals surface area contributed by atoms with Gasteiger partial charge in [0.2, 0.25) is 5.91 Å². The molecule has 1 N–H and O–H groups in total. The predicted molar refractivity (Wildman–Crippen MR) is 111 cm³/mol. The van der Waals surface area contributed by atoms with E-state index in [0.717, 1.165) is 21.7 Å². The van der Waals surface area contributed by atoms with Crippen molar-refractivity contribution in [1.29, 1.82) is 0 Å². The van der Waals surface area contributed by atoms with E-state index in [1.54, 1.807) is 31.2 Å². The van der Waals surface area contributed by atoms with Gasteiger partial charge in [0.15, 0.2) is 9.84 Å². The number of thiophene rings is 1. The summed E-state index contributed by atoms with van der Waals surface area (Å²) in [5.74, 6) is -0.0909. The van der Waals surface area contributed by atoms with Crippen molar-refractivity contribution in [3.63, 3.8) is 0 Å². The van der Waals surface area contributed by atoms with Gasteiger partial charge >= 0.3 is 0 Å². The highest BCUT2D eigenvalue weighted by Gasteiger charge is 2.12. The number of rotatable bonds is 6. The van der Waals surface area contributed by atoms with Gasteiger partial charge in [0.1, 0.15) is 0 Å². The average molecular weight is 420 g/mol. The van der Waals surface area contributed by atoms with E-state index in [9.17, 15) is 13.2 Å². The lowest BCUT2D eigenvalue weighted by atomic mass is 10.1. The predicted octanol–water partition coefficient (Wildman–Crippen LogP) is 5.04. The van der Waals surface area contributed by atoms with Crippen LogP contribution >= 0.6 is 22.9 Å². The van der Waals surface area contributed by atoms with Crippen molar-refractivity contribution >= 4 is 43.7 Å². The molecule has 0 saturated heterocycles. The molecule has 0 radical (unpaired) electrons. The molecule has 140 valence electrons. The van der Waals surface area contributed by atoms with E-state index in [2.05, 4.69) is 5.32 Å². The molecule has 3 aromatic rings. The SMILES string of the molecule is CCS(=O)(=O)c1ccc(CC(=O)Nc2cc(-c3ccc(Cl)cc3)cs2)cc1. The molecule has 0 aliphatic carbocycles. The molecule has 0 atom stereocenters. The van der Waals surface area contributed by atoms with Gasteiger partial charge in [-0.1, -0.05) is 42.8 Å². The molecule has 1 amide bonds. The Kier molecular flexibility index (Phi) is 5.99. The number of hydrogen-bond donors (Lipinski definition) is 1. The van der Waals surface area contributed by atoms with Crippen LogP contribution in [0.2, 0.25) is 5.02 Å². The second-order valence-corrected chi connectivity index (χ2v) is 9.60. The van der Waals surface area contributed by atoms with Crippen LogP contribution < -0.4 is 5.32 Å². The molecular weight excluding hydrogens is 402 g/mol. The van der Waals surface area contributed by atoms with Gasteiger partial charge in [-0.2, -0.15) is 0 Å². The normalized spacial score (nSPS) is 11.3. The van der Waals surface area contributed by atoms with Crippen LogP contribution in [0.3, 0.4) is 0 Å².